The third kappa shape index (κ3) is 4.27. The molecule has 1 atom stereocenters. The minimum atomic E-state index is -0.689. The van der Waals surface area contributed by atoms with Crippen molar-refractivity contribution in [1.29, 1.82) is 0 Å². The van der Waals surface area contributed by atoms with Gasteiger partial charge in [0.15, 0.2) is 5.69 Å². The van der Waals surface area contributed by atoms with Crippen molar-refractivity contribution in [2.75, 3.05) is 26.7 Å². The maximum atomic E-state index is 12.9. The van der Waals surface area contributed by atoms with E-state index in [9.17, 15) is 24.0 Å². The molecule has 2 saturated heterocycles. The van der Waals surface area contributed by atoms with E-state index >= 15 is 0 Å². The molecule has 1 aromatic heterocycles. The van der Waals surface area contributed by atoms with E-state index in [4.69, 9.17) is 0 Å². The number of rotatable bonds is 5. The van der Waals surface area contributed by atoms with Gasteiger partial charge in [-0.1, -0.05) is 5.21 Å². The highest BCUT2D eigenvalue weighted by molar-refractivity contribution is 6.05. The zero-order valence-corrected chi connectivity index (χ0v) is 19.3. The standard InChI is InChI=1S/C23H25N7O5/c1-27(13-20(32)28-8-2-3-9-28)23(35)17-12-30(26-25-17)15-4-5-16-14(10-15)11-29(22(16)34)18-6-7-19(31)24-21(18)33/h4-5,10,12,18H,2-3,6-9,11,13H2,1H3,(H,24,31,33). The number of nitrogens with one attached hydrogen (secondary N) is 1. The van der Waals surface area contributed by atoms with Gasteiger partial charge in [0.25, 0.3) is 11.8 Å². The molecule has 4 heterocycles. The number of nitrogens with zero attached hydrogens (tertiary/aromatic N) is 6. The monoisotopic (exact) mass is 479 g/mol. The van der Waals surface area contributed by atoms with Crippen molar-refractivity contribution in [3.8, 4) is 5.69 Å². The molecule has 0 saturated carbocycles. The average molecular weight is 479 g/mol. The zero-order valence-electron chi connectivity index (χ0n) is 19.3. The van der Waals surface area contributed by atoms with E-state index in [2.05, 4.69) is 15.6 Å². The third-order valence-corrected chi connectivity index (χ3v) is 6.66. The lowest BCUT2D eigenvalue weighted by atomic mass is 10.0. The molecule has 35 heavy (non-hydrogen) atoms. The second-order valence-corrected chi connectivity index (χ2v) is 9.04. The molecule has 5 amide bonds. The van der Waals surface area contributed by atoms with Gasteiger partial charge in [0.05, 0.1) is 18.4 Å². The van der Waals surface area contributed by atoms with Crippen LogP contribution in [-0.2, 0) is 20.9 Å². The van der Waals surface area contributed by atoms with Gasteiger partial charge in [0.2, 0.25) is 17.7 Å². The van der Waals surface area contributed by atoms with Crippen LogP contribution in [0.4, 0.5) is 0 Å². The summed E-state index contributed by atoms with van der Waals surface area (Å²) in [5.41, 5.74) is 1.90. The van der Waals surface area contributed by atoms with Gasteiger partial charge in [-0.25, -0.2) is 4.68 Å². The molecule has 1 aromatic carbocycles. The van der Waals surface area contributed by atoms with Crippen molar-refractivity contribution < 1.29 is 24.0 Å². The second-order valence-electron chi connectivity index (χ2n) is 9.04. The number of amides is 5. The first-order chi connectivity index (χ1) is 16.8. The van der Waals surface area contributed by atoms with E-state index in [1.807, 2.05) is 0 Å². The van der Waals surface area contributed by atoms with Crippen LogP contribution in [-0.4, -0.2) is 92.0 Å². The average Bonchev–Trinajstić information content (AvgIpc) is 3.59. The van der Waals surface area contributed by atoms with Crippen LogP contribution in [0.2, 0.25) is 0 Å². The van der Waals surface area contributed by atoms with Crippen molar-refractivity contribution in [2.24, 2.45) is 0 Å². The largest absolute Gasteiger partial charge is 0.341 e. The van der Waals surface area contributed by atoms with Crippen molar-refractivity contribution in [2.45, 2.75) is 38.3 Å². The second kappa shape index (κ2) is 8.93. The van der Waals surface area contributed by atoms with E-state index in [1.165, 1.54) is 20.7 Å². The lowest BCUT2D eigenvalue weighted by Gasteiger charge is -2.29. The first kappa shape index (κ1) is 22.7. The van der Waals surface area contributed by atoms with Gasteiger partial charge in [-0.05, 0) is 43.0 Å². The third-order valence-electron chi connectivity index (χ3n) is 6.66. The van der Waals surface area contributed by atoms with Gasteiger partial charge < -0.3 is 14.7 Å². The smallest absolute Gasteiger partial charge is 0.276 e. The van der Waals surface area contributed by atoms with Crippen molar-refractivity contribution in [3.05, 3.63) is 41.2 Å². The van der Waals surface area contributed by atoms with Crippen molar-refractivity contribution in [1.82, 2.24) is 35.0 Å². The first-order valence-corrected chi connectivity index (χ1v) is 11.6. The Morgan fingerprint density at radius 2 is 1.94 bits per heavy atom. The molecule has 0 radical (unpaired) electrons. The molecule has 3 aliphatic rings. The van der Waals surface area contributed by atoms with Gasteiger partial charge in [0, 0.05) is 38.7 Å². The Labute approximate surface area is 200 Å². The molecule has 0 bridgehead atoms. The molecule has 182 valence electrons. The summed E-state index contributed by atoms with van der Waals surface area (Å²) in [6, 6.07) is 4.42. The Balaban J connectivity index is 1.28. The molecule has 2 aromatic rings. The fourth-order valence-corrected chi connectivity index (χ4v) is 4.73. The fourth-order valence-electron chi connectivity index (χ4n) is 4.73. The number of fused-ring (bicyclic) bond motifs is 1. The number of hydrogen-bond acceptors (Lipinski definition) is 7. The highest BCUT2D eigenvalue weighted by atomic mass is 16.2. The van der Waals surface area contributed by atoms with Crippen LogP contribution in [0, 0.1) is 0 Å². The van der Waals surface area contributed by atoms with Gasteiger partial charge >= 0.3 is 0 Å². The summed E-state index contributed by atoms with van der Waals surface area (Å²) in [5, 5.41) is 10.3. The molecule has 0 spiro atoms. The van der Waals surface area contributed by atoms with Crippen LogP contribution >= 0.6 is 0 Å². The maximum absolute atomic E-state index is 12.9. The number of imide groups is 1. The molecule has 12 heteroatoms. The minimum Gasteiger partial charge on any atom is -0.341 e. The summed E-state index contributed by atoms with van der Waals surface area (Å²) in [6.07, 6.45) is 3.93. The van der Waals surface area contributed by atoms with Crippen LogP contribution in [0.25, 0.3) is 5.69 Å². The number of likely N-dealkylation sites (tertiary alicyclic amines) is 1. The molecule has 2 fully saturated rings. The summed E-state index contributed by atoms with van der Waals surface area (Å²) >= 11 is 0. The molecule has 12 nitrogen and oxygen atoms in total. The predicted molar refractivity (Wildman–Crippen MR) is 120 cm³/mol. The Bertz CT molecular complexity index is 1230. The van der Waals surface area contributed by atoms with E-state index in [0.717, 1.165) is 25.9 Å². The van der Waals surface area contributed by atoms with Crippen LogP contribution < -0.4 is 5.32 Å². The van der Waals surface area contributed by atoms with E-state index in [1.54, 1.807) is 30.1 Å². The number of carbonyl (C=O) groups excluding carboxylic acids is 5. The fraction of sp³-hybridized carbons (Fsp3) is 0.435. The van der Waals surface area contributed by atoms with Gasteiger partial charge in [-0.15, -0.1) is 5.10 Å². The number of likely N-dealkylation sites (N-methyl/N-ethyl adjacent to an activating group) is 1. The lowest BCUT2D eigenvalue weighted by Crippen LogP contribution is -2.52. The van der Waals surface area contributed by atoms with Crippen molar-refractivity contribution >= 4 is 29.5 Å². The molecule has 1 N–H and O–H groups in total. The molecular formula is C23H25N7O5. The molecule has 3 aliphatic heterocycles. The van der Waals surface area contributed by atoms with Crippen LogP contribution in [0.15, 0.2) is 24.4 Å². The number of carbonyl (C=O) groups is 5. The van der Waals surface area contributed by atoms with Crippen LogP contribution in [0.5, 0.6) is 0 Å². The maximum Gasteiger partial charge on any atom is 0.276 e. The van der Waals surface area contributed by atoms with Crippen molar-refractivity contribution in [3.63, 3.8) is 0 Å². The Hall–Kier alpha value is -4.09. The van der Waals surface area contributed by atoms with Gasteiger partial charge in [-0.2, -0.15) is 0 Å². The first-order valence-electron chi connectivity index (χ1n) is 11.6. The topological polar surface area (TPSA) is 138 Å². The van der Waals surface area contributed by atoms with Crippen LogP contribution in [0.1, 0.15) is 52.1 Å². The summed E-state index contributed by atoms with van der Waals surface area (Å²) in [5.74, 6) is -1.56. The van der Waals surface area contributed by atoms with Gasteiger partial charge in [-0.3, -0.25) is 29.3 Å². The highest BCUT2D eigenvalue weighted by Gasteiger charge is 2.39. The summed E-state index contributed by atoms with van der Waals surface area (Å²) in [6.45, 7) is 1.65. The Morgan fingerprint density at radius 1 is 1.17 bits per heavy atom. The van der Waals surface area contributed by atoms with Gasteiger partial charge in [0.1, 0.15) is 6.04 Å². The number of hydrogen-bond donors (Lipinski definition) is 1. The number of aromatic nitrogens is 3. The highest BCUT2D eigenvalue weighted by Crippen LogP contribution is 2.29. The Morgan fingerprint density at radius 3 is 2.69 bits per heavy atom. The summed E-state index contributed by atoms with van der Waals surface area (Å²) < 4.78 is 1.43. The molecule has 1 unspecified atom stereocenters. The van der Waals surface area contributed by atoms with E-state index < -0.39 is 17.9 Å². The quantitative estimate of drug-likeness (QED) is 0.582. The van der Waals surface area contributed by atoms with E-state index in [0.29, 0.717) is 23.2 Å². The number of benzene rings is 1. The summed E-state index contributed by atoms with van der Waals surface area (Å²) in [7, 11) is 1.56. The minimum absolute atomic E-state index is 0.0250. The van der Waals surface area contributed by atoms with Crippen LogP contribution in [0.3, 0.4) is 0 Å². The molecule has 5 rings (SSSR count). The molecule has 0 aliphatic carbocycles. The summed E-state index contributed by atoms with van der Waals surface area (Å²) in [4.78, 5) is 66.2. The predicted octanol–water partition coefficient (Wildman–Crippen LogP) is -0.277. The Kier molecular flexibility index (Phi) is 5.79. The SMILES string of the molecule is CN(CC(=O)N1CCCC1)C(=O)c1cn(-c2ccc3c(c2)CN(C2CCC(=O)NC2=O)C3=O)nn1. The zero-order chi connectivity index (χ0) is 24.7. The number of piperidine rings is 1. The molecular weight excluding hydrogens is 454 g/mol. The van der Waals surface area contributed by atoms with E-state index in [-0.39, 0.29) is 42.9 Å². The lowest BCUT2D eigenvalue weighted by molar-refractivity contribution is -0.137. The normalized spacial score (nSPS) is 19.7.